The molecule has 0 saturated carbocycles. The van der Waals surface area contributed by atoms with Gasteiger partial charge < -0.3 is 4.74 Å². The van der Waals surface area contributed by atoms with Crippen LogP contribution in [0.2, 0.25) is 0 Å². The number of para-hydroxylation sites is 1. The molecular weight excluding hydrogens is 174 g/mol. The third-order valence-electron chi connectivity index (χ3n) is 1.86. The van der Waals surface area contributed by atoms with E-state index in [0.29, 0.717) is 5.76 Å². The summed E-state index contributed by atoms with van der Waals surface area (Å²) in [6.07, 6.45) is 1.71. The minimum atomic E-state index is 0.669. The fraction of sp³-hybridized carbons (Fsp3) is 0.0833. The fourth-order valence-electron chi connectivity index (χ4n) is 1.31. The molecule has 0 unspecified atom stereocenters. The molecule has 0 saturated heterocycles. The van der Waals surface area contributed by atoms with E-state index >= 15 is 0 Å². The molecule has 0 bridgehead atoms. The van der Waals surface area contributed by atoms with Gasteiger partial charge in [0.05, 0.1) is 17.5 Å². The lowest BCUT2D eigenvalue weighted by atomic mass is 10.2. The molecule has 0 N–H and O–H groups in total. The first-order valence-corrected chi connectivity index (χ1v) is 4.44. The highest BCUT2D eigenvalue weighted by molar-refractivity contribution is 5.79. The van der Waals surface area contributed by atoms with Crippen molar-refractivity contribution in [3.63, 3.8) is 0 Å². The van der Waals surface area contributed by atoms with Crippen LogP contribution in [0, 0.1) is 0 Å². The summed E-state index contributed by atoms with van der Waals surface area (Å²) in [4.78, 5) is 4.27. The van der Waals surface area contributed by atoms with Crippen molar-refractivity contribution in [3.8, 4) is 5.75 Å². The van der Waals surface area contributed by atoms with E-state index in [2.05, 4.69) is 11.6 Å². The highest BCUT2D eigenvalue weighted by atomic mass is 16.5. The van der Waals surface area contributed by atoms with Crippen LogP contribution in [-0.2, 0) is 0 Å². The molecule has 0 aliphatic carbocycles. The molecule has 0 amide bonds. The van der Waals surface area contributed by atoms with E-state index in [4.69, 9.17) is 4.74 Å². The first-order valence-electron chi connectivity index (χ1n) is 4.44. The molecule has 2 nitrogen and oxygen atoms in total. The maximum absolute atomic E-state index is 5.37. The molecule has 1 heterocycles. The third kappa shape index (κ3) is 1.74. The number of hydrogen-bond donors (Lipinski definition) is 0. The van der Waals surface area contributed by atoms with Crippen LogP contribution in [0.25, 0.3) is 10.9 Å². The number of allylic oxidation sites excluding steroid dienone is 1. The van der Waals surface area contributed by atoms with Crippen LogP contribution in [-0.4, -0.2) is 4.98 Å². The molecule has 2 heteroatoms. The Balaban J connectivity index is 2.46. The van der Waals surface area contributed by atoms with E-state index in [1.807, 2.05) is 37.3 Å². The maximum atomic E-state index is 5.37. The van der Waals surface area contributed by atoms with Crippen molar-refractivity contribution < 1.29 is 4.74 Å². The summed E-state index contributed by atoms with van der Waals surface area (Å²) in [5, 5.41) is 1.08. The molecule has 0 spiro atoms. The number of aromatic nitrogens is 1. The zero-order valence-electron chi connectivity index (χ0n) is 8.03. The fourth-order valence-corrected chi connectivity index (χ4v) is 1.31. The van der Waals surface area contributed by atoms with Crippen molar-refractivity contribution in [1.82, 2.24) is 4.98 Å². The number of pyridine rings is 1. The van der Waals surface area contributed by atoms with Gasteiger partial charge in [-0.3, -0.25) is 4.98 Å². The van der Waals surface area contributed by atoms with E-state index in [-0.39, 0.29) is 0 Å². The monoisotopic (exact) mass is 185 g/mol. The second-order valence-corrected chi connectivity index (χ2v) is 3.17. The van der Waals surface area contributed by atoms with Gasteiger partial charge >= 0.3 is 0 Å². The average Bonchev–Trinajstić information content (AvgIpc) is 2.17. The highest BCUT2D eigenvalue weighted by Gasteiger charge is 1.97. The van der Waals surface area contributed by atoms with Crippen LogP contribution in [0.5, 0.6) is 5.75 Å². The summed E-state index contributed by atoms with van der Waals surface area (Å²) in [7, 11) is 0. The Morgan fingerprint density at radius 1 is 1.36 bits per heavy atom. The molecule has 1 aromatic heterocycles. The molecule has 0 atom stereocenters. The molecule has 2 aromatic rings. The largest absolute Gasteiger partial charge is 0.461 e. The minimum absolute atomic E-state index is 0.669. The summed E-state index contributed by atoms with van der Waals surface area (Å²) >= 11 is 0. The number of hydrogen-bond acceptors (Lipinski definition) is 2. The molecule has 0 fully saturated rings. The number of benzene rings is 1. The Bertz CT molecular complexity index is 476. The van der Waals surface area contributed by atoms with Gasteiger partial charge in [0.25, 0.3) is 0 Å². The normalized spacial score (nSPS) is 10.1. The Kier molecular flexibility index (Phi) is 2.19. The van der Waals surface area contributed by atoms with Gasteiger partial charge in [-0.2, -0.15) is 0 Å². The highest BCUT2D eigenvalue weighted by Crippen LogP contribution is 2.18. The SMILES string of the molecule is C=C(C)Oc1cnc2ccccc2c1. The van der Waals surface area contributed by atoms with Crippen LogP contribution in [0.3, 0.4) is 0 Å². The number of ether oxygens (including phenoxy) is 1. The van der Waals surface area contributed by atoms with Gasteiger partial charge in [0.1, 0.15) is 5.75 Å². The predicted octanol–water partition coefficient (Wildman–Crippen LogP) is 3.15. The van der Waals surface area contributed by atoms with Crippen molar-refractivity contribution in [2.45, 2.75) is 6.92 Å². The molecule has 0 aliphatic heterocycles. The Morgan fingerprint density at radius 3 is 2.93 bits per heavy atom. The molecule has 2 rings (SSSR count). The smallest absolute Gasteiger partial charge is 0.145 e. The topological polar surface area (TPSA) is 22.1 Å². The van der Waals surface area contributed by atoms with E-state index in [0.717, 1.165) is 16.7 Å². The molecule has 0 aliphatic rings. The van der Waals surface area contributed by atoms with Gasteiger partial charge in [-0.15, -0.1) is 0 Å². The van der Waals surface area contributed by atoms with Gasteiger partial charge in [0.2, 0.25) is 0 Å². The van der Waals surface area contributed by atoms with Crippen LogP contribution >= 0.6 is 0 Å². The van der Waals surface area contributed by atoms with Gasteiger partial charge in [-0.25, -0.2) is 0 Å². The number of nitrogens with zero attached hydrogens (tertiary/aromatic N) is 1. The number of fused-ring (bicyclic) bond motifs is 1. The van der Waals surface area contributed by atoms with Crippen LogP contribution in [0.4, 0.5) is 0 Å². The molecular formula is C12H11NO. The number of rotatable bonds is 2. The summed E-state index contributed by atoms with van der Waals surface area (Å²) in [5.74, 6) is 1.40. The van der Waals surface area contributed by atoms with E-state index in [1.54, 1.807) is 6.20 Å². The third-order valence-corrected chi connectivity index (χ3v) is 1.86. The van der Waals surface area contributed by atoms with Crippen molar-refractivity contribution in [1.29, 1.82) is 0 Å². The molecule has 14 heavy (non-hydrogen) atoms. The Morgan fingerprint density at radius 2 is 2.14 bits per heavy atom. The first kappa shape index (κ1) is 8.75. The first-order chi connectivity index (χ1) is 6.75. The zero-order valence-corrected chi connectivity index (χ0v) is 8.03. The van der Waals surface area contributed by atoms with Gasteiger partial charge in [0.15, 0.2) is 0 Å². The lowest BCUT2D eigenvalue weighted by Crippen LogP contribution is -1.89. The van der Waals surface area contributed by atoms with Crippen molar-refractivity contribution >= 4 is 10.9 Å². The minimum Gasteiger partial charge on any atom is -0.461 e. The Labute approximate surface area is 82.9 Å². The predicted molar refractivity (Wildman–Crippen MR) is 57.2 cm³/mol. The van der Waals surface area contributed by atoms with Gasteiger partial charge in [-0.05, 0) is 19.1 Å². The second-order valence-electron chi connectivity index (χ2n) is 3.17. The summed E-state index contributed by atoms with van der Waals surface area (Å²) in [6, 6.07) is 9.88. The summed E-state index contributed by atoms with van der Waals surface area (Å²) in [5.41, 5.74) is 0.974. The zero-order chi connectivity index (χ0) is 9.97. The summed E-state index contributed by atoms with van der Waals surface area (Å²) < 4.78 is 5.37. The van der Waals surface area contributed by atoms with Gasteiger partial charge in [0, 0.05) is 5.39 Å². The average molecular weight is 185 g/mol. The van der Waals surface area contributed by atoms with E-state index < -0.39 is 0 Å². The van der Waals surface area contributed by atoms with Crippen LogP contribution < -0.4 is 4.74 Å². The van der Waals surface area contributed by atoms with Crippen molar-refractivity contribution in [3.05, 3.63) is 48.9 Å². The quantitative estimate of drug-likeness (QED) is 0.670. The Hall–Kier alpha value is -1.83. The van der Waals surface area contributed by atoms with Crippen LogP contribution in [0.15, 0.2) is 48.9 Å². The van der Waals surface area contributed by atoms with Crippen LogP contribution in [0.1, 0.15) is 6.92 Å². The van der Waals surface area contributed by atoms with Crippen molar-refractivity contribution in [2.75, 3.05) is 0 Å². The molecule has 0 radical (unpaired) electrons. The maximum Gasteiger partial charge on any atom is 0.145 e. The molecule has 70 valence electrons. The summed E-state index contributed by atoms with van der Waals surface area (Å²) in [6.45, 7) is 5.50. The van der Waals surface area contributed by atoms with Crippen molar-refractivity contribution in [2.24, 2.45) is 0 Å². The van der Waals surface area contributed by atoms with E-state index in [9.17, 15) is 0 Å². The lowest BCUT2D eigenvalue weighted by Gasteiger charge is -2.04. The lowest BCUT2D eigenvalue weighted by molar-refractivity contribution is 0.429. The standard InChI is InChI=1S/C12H11NO/c1-9(2)14-11-7-10-5-3-4-6-12(10)13-8-11/h3-8H,1H2,2H3. The van der Waals surface area contributed by atoms with E-state index in [1.165, 1.54) is 0 Å². The molecule has 1 aromatic carbocycles. The second kappa shape index (κ2) is 3.50. The van der Waals surface area contributed by atoms with Gasteiger partial charge in [-0.1, -0.05) is 24.8 Å².